The molecule has 1 amide bonds. The van der Waals surface area contributed by atoms with Gasteiger partial charge in [0.1, 0.15) is 0 Å². The average Bonchev–Trinajstić information content (AvgIpc) is 2.17. The van der Waals surface area contributed by atoms with Crippen molar-refractivity contribution in [1.29, 1.82) is 0 Å². The summed E-state index contributed by atoms with van der Waals surface area (Å²) in [7, 11) is 0. The highest BCUT2D eigenvalue weighted by molar-refractivity contribution is 5.94. The monoisotopic (exact) mass is 224 g/mol. The van der Waals surface area contributed by atoms with E-state index in [-0.39, 0.29) is 17.4 Å². The van der Waals surface area contributed by atoms with E-state index >= 15 is 0 Å². The summed E-state index contributed by atoms with van der Waals surface area (Å²) in [6.45, 7) is 8.07. The second-order valence-electron chi connectivity index (χ2n) is 4.93. The van der Waals surface area contributed by atoms with E-state index in [1.165, 1.54) is 18.3 Å². The van der Waals surface area contributed by atoms with Crippen molar-refractivity contribution in [3.8, 4) is 0 Å². The summed E-state index contributed by atoms with van der Waals surface area (Å²) in [5, 5.41) is 2.85. The van der Waals surface area contributed by atoms with E-state index in [1.807, 2.05) is 27.7 Å². The molecular formula is C12H17FN2O. The summed E-state index contributed by atoms with van der Waals surface area (Å²) in [5.41, 5.74) is 0.362. The summed E-state index contributed by atoms with van der Waals surface area (Å²) in [5.74, 6) is -0.810. The van der Waals surface area contributed by atoms with Crippen LogP contribution in [-0.2, 0) is 0 Å². The van der Waals surface area contributed by atoms with Gasteiger partial charge >= 0.3 is 0 Å². The molecule has 1 heterocycles. The van der Waals surface area contributed by atoms with E-state index in [9.17, 15) is 9.18 Å². The number of hydrogen-bond donors (Lipinski definition) is 1. The van der Waals surface area contributed by atoms with Crippen LogP contribution in [0.3, 0.4) is 0 Å². The standard InChI is InChI=1S/C12H17FN2O/c1-8(12(2,3)4)15-11(16)9-5-6-10(13)14-7-9/h5-8H,1-4H3,(H,15,16). The lowest BCUT2D eigenvalue weighted by Gasteiger charge is -2.28. The Morgan fingerprint density at radius 2 is 2.06 bits per heavy atom. The molecule has 0 aliphatic carbocycles. The zero-order chi connectivity index (χ0) is 12.3. The number of hydrogen-bond acceptors (Lipinski definition) is 2. The number of pyridine rings is 1. The van der Waals surface area contributed by atoms with Gasteiger partial charge in [-0.3, -0.25) is 4.79 Å². The Morgan fingerprint density at radius 3 is 2.50 bits per heavy atom. The van der Waals surface area contributed by atoms with Gasteiger partial charge in [0.2, 0.25) is 5.95 Å². The van der Waals surface area contributed by atoms with Crippen molar-refractivity contribution in [2.24, 2.45) is 5.41 Å². The van der Waals surface area contributed by atoms with E-state index in [0.717, 1.165) is 0 Å². The van der Waals surface area contributed by atoms with Crippen molar-refractivity contribution in [2.75, 3.05) is 0 Å². The summed E-state index contributed by atoms with van der Waals surface area (Å²) in [4.78, 5) is 15.2. The Bertz CT molecular complexity index is 368. The molecule has 1 rings (SSSR count). The summed E-state index contributed by atoms with van der Waals surface area (Å²) in [6.07, 6.45) is 1.24. The normalized spacial score (nSPS) is 13.3. The number of rotatable bonds is 2. The van der Waals surface area contributed by atoms with Crippen LogP contribution < -0.4 is 5.32 Å². The van der Waals surface area contributed by atoms with Crippen LogP contribution in [0, 0.1) is 11.4 Å². The predicted octanol–water partition coefficient (Wildman–Crippen LogP) is 2.39. The first kappa shape index (κ1) is 12.6. The Hall–Kier alpha value is -1.45. The number of carbonyl (C=O) groups excluding carboxylic acids is 1. The number of nitrogens with one attached hydrogen (secondary N) is 1. The van der Waals surface area contributed by atoms with Gasteiger partial charge < -0.3 is 5.32 Å². The van der Waals surface area contributed by atoms with Gasteiger partial charge in [0.05, 0.1) is 5.56 Å². The van der Waals surface area contributed by atoms with Gasteiger partial charge in [-0.25, -0.2) is 4.98 Å². The largest absolute Gasteiger partial charge is 0.349 e. The molecule has 0 spiro atoms. The van der Waals surface area contributed by atoms with Crippen LogP contribution in [0.5, 0.6) is 0 Å². The highest BCUT2D eigenvalue weighted by Crippen LogP contribution is 2.18. The quantitative estimate of drug-likeness (QED) is 0.784. The van der Waals surface area contributed by atoms with Crippen molar-refractivity contribution < 1.29 is 9.18 Å². The molecule has 1 aromatic heterocycles. The van der Waals surface area contributed by atoms with E-state index < -0.39 is 5.95 Å². The molecular weight excluding hydrogens is 207 g/mol. The first-order valence-corrected chi connectivity index (χ1v) is 5.23. The molecule has 0 aromatic carbocycles. The highest BCUT2D eigenvalue weighted by atomic mass is 19.1. The van der Waals surface area contributed by atoms with Crippen molar-refractivity contribution in [1.82, 2.24) is 10.3 Å². The Labute approximate surface area is 95.1 Å². The van der Waals surface area contributed by atoms with Gasteiger partial charge in [-0.1, -0.05) is 20.8 Å². The molecule has 16 heavy (non-hydrogen) atoms. The minimum atomic E-state index is -0.583. The second-order valence-corrected chi connectivity index (χ2v) is 4.93. The molecule has 1 aromatic rings. The van der Waals surface area contributed by atoms with E-state index in [4.69, 9.17) is 0 Å². The van der Waals surface area contributed by atoms with Gasteiger partial charge in [0.25, 0.3) is 5.91 Å². The van der Waals surface area contributed by atoms with Crippen LogP contribution in [-0.4, -0.2) is 16.9 Å². The van der Waals surface area contributed by atoms with Crippen LogP contribution in [0.4, 0.5) is 4.39 Å². The van der Waals surface area contributed by atoms with Crippen LogP contribution in [0.15, 0.2) is 18.3 Å². The molecule has 0 radical (unpaired) electrons. The lowest BCUT2D eigenvalue weighted by atomic mass is 9.88. The number of halogens is 1. The number of aromatic nitrogens is 1. The third-order valence-corrected chi connectivity index (χ3v) is 2.64. The molecule has 0 aliphatic rings. The van der Waals surface area contributed by atoms with Crippen LogP contribution >= 0.6 is 0 Å². The first-order chi connectivity index (χ1) is 7.30. The molecule has 0 fully saturated rings. The Morgan fingerprint density at radius 1 is 1.44 bits per heavy atom. The maximum atomic E-state index is 12.6. The average molecular weight is 224 g/mol. The Kier molecular flexibility index (Phi) is 3.62. The fraction of sp³-hybridized carbons (Fsp3) is 0.500. The number of amides is 1. The van der Waals surface area contributed by atoms with Gasteiger partial charge in [0.15, 0.2) is 0 Å². The number of nitrogens with zero attached hydrogens (tertiary/aromatic N) is 1. The first-order valence-electron chi connectivity index (χ1n) is 5.23. The van der Waals surface area contributed by atoms with Gasteiger partial charge in [-0.2, -0.15) is 4.39 Å². The molecule has 0 aliphatic heterocycles. The fourth-order valence-electron chi connectivity index (χ4n) is 1.01. The maximum Gasteiger partial charge on any atom is 0.253 e. The molecule has 0 saturated carbocycles. The molecule has 88 valence electrons. The second kappa shape index (κ2) is 4.60. The minimum Gasteiger partial charge on any atom is -0.349 e. The van der Waals surface area contributed by atoms with Gasteiger partial charge in [-0.15, -0.1) is 0 Å². The van der Waals surface area contributed by atoms with Crippen LogP contribution in [0.2, 0.25) is 0 Å². The molecule has 1 N–H and O–H groups in total. The molecule has 3 nitrogen and oxygen atoms in total. The molecule has 0 saturated heterocycles. The summed E-state index contributed by atoms with van der Waals surface area (Å²) in [6, 6.07) is 2.63. The Balaban J connectivity index is 2.70. The molecule has 1 atom stereocenters. The van der Waals surface area contributed by atoms with Crippen LogP contribution in [0.1, 0.15) is 38.1 Å². The predicted molar refractivity (Wildman–Crippen MR) is 60.6 cm³/mol. The third kappa shape index (κ3) is 3.29. The molecule has 1 unspecified atom stereocenters. The van der Waals surface area contributed by atoms with Crippen molar-refractivity contribution in [3.63, 3.8) is 0 Å². The lowest BCUT2D eigenvalue weighted by Crippen LogP contribution is -2.41. The SMILES string of the molecule is CC(NC(=O)c1ccc(F)nc1)C(C)(C)C. The van der Waals surface area contributed by atoms with Crippen LogP contribution in [0.25, 0.3) is 0 Å². The van der Waals surface area contributed by atoms with E-state index in [0.29, 0.717) is 5.56 Å². The summed E-state index contributed by atoms with van der Waals surface area (Å²) >= 11 is 0. The van der Waals surface area contributed by atoms with Crippen molar-refractivity contribution in [3.05, 3.63) is 29.8 Å². The molecule has 0 bridgehead atoms. The zero-order valence-corrected chi connectivity index (χ0v) is 10.0. The summed E-state index contributed by atoms with van der Waals surface area (Å²) < 4.78 is 12.6. The van der Waals surface area contributed by atoms with Crippen molar-refractivity contribution in [2.45, 2.75) is 33.7 Å². The van der Waals surface area contributed by atoms with Crippen molar-refractivity contribution >= 4 is 5.91 Å². The number of carbonyl (C=O) groups is 1. The maximum absolute atomic E-state index is 12.6. The lowest BCUT2D eigenvalue weighted by molar-refractivity contribution is 0.0909. The van der Waals surface area contributed by atoms with Gasteiger partial charge in [-0.05, 0) is 24.5 Å². The zero-order valence-electron chi connectivity index (χ0n) is 10.0. The fourth-order valence-corrected chi connectivity index (χ4v) is 1.01. The molecule has 4 heteroatoms. The van der Waals surface area contributed by atoms with E-state index in [1.54, 1.807) is 0 Å². The highest BCUT2D eigenvalue weighted by Gasteiger charge is 2.22. The van der Waals surface area contributed by atoms with E-state index in [2.05, 4.69) is 10.3 Å². The topological polar surface area (TPSA) is 42.0 Å². The smallest absolute Gasteiger partial charge is 0.253 e. The third-order valence-electron chi connectivity index (χ3n) is 2.64. The minimum absolute atomic E-state index is 0.0108. The van der Waals surface area contributed by atoms with Gasteiger partial charge in [0, 0.05) is 12.2 Å².